The molecule has 4 nitrogen and oxygen atoms in total. The van der Waals surface area contributed by atoms with Crippen molar-refractivity contribution in [2.75, 3.05) is 7.11 Å². The molecule has 0 saturated heterocycles. The Morgan fingerprint density at radius 1 is 1.48 bits per heavy atom. The molecule has 2 aromatic rings. The predicted molar refractivity (Wildman–Crippen MR) is 81.1 cm³/mol. The van der Waals surface area contributed by atoms with Gasteiger partial charge in [0.05, 0.1) is 30.1 Å². The Kier molecular flexibility index (Phi) is 5.20. The van der Waals surface area contributed by atoms with Crippen LogP contribution in [0.5, 0.6) is 5.75 Å². The van der Waals surface area contributed by atoms with E-state index in [0.717, 1.165) is 18.7 Å². The van der Waals surface area contributed by atoms with Crippen LogP contribution in [0.2, 0.25) is 5.02 Å². The maximum Gasteiger partial charge on any atom is 0.161 e. The van der Waals surface area contributed by atoms with Gasteiger partial charge in [0.15, 0.2) is 5.75 Å². The number of hydrogen-bond acceptors (Lipinski definition) is 3. The molecule has 1 heterocycles. The third-order valence-electron chi connectivity index (χ3n) is 3.32. The van der Waals surface area contributed by atoms with Gasteiger partial charge in [-0.2, -0.15) is 5.10 Å². The number of methoxy groups -OCH3 is 1. The van der Waals surface area contributed by atoms with Crippen LogP contribution in [0, 0.1) is 5.82 Å². The Hall–Kier alpha value is -1.59. The van der Waals surface area contributed by atoms with Crippen molar-refractivity contribution in [1.29, 1.82) is 0 Å². The number of aromatic nitrogens is 2. The van der Waals surface area contributed by atoms with Crippen LogP contribution < -0.4 is 10.5 Å². The molecule has 114 valence electrons. The number of nitrogens with zero attached hydrogens (tertiary/aromatic N) is 2. The van der Waals surface area contributed by atoms with E-state index in [1.54, 1.807) is 25.4 Å². The Labute approximate surface area is 128 Å². The Bertz CT molecular complexity index is 615. The van der Waals surface area contributed by atoms with Gasteiger partial charge < -0.3 is 10.5 Å². The fraction of sp³-hybridized carbons (Fsp3) is 0.400. The van der Waals surface area contributed by atoms with Gasteiger partial charge in [-0.25, -0.2) is 4.39 Å². The highest BCUT2D eigenvalue weighted by atomic mass is 35.5. The van der Waals surface area contributed by atoms with Gasteiger partial charge in [-0.3, -0.25) is 4.68 Å². The van der Waals surface area contributed by atoms with Crippen LogP contribution in [0.15, 0.2) is 24.4 Å². The molecule has 0 spiro atoms. The standard InChI is InChI=1S/C15H19ClFN3O/c1-3-7-20-15(13(21-2)9-19-20)12(18)8-10-5-4-6-11(16)14(10)17/h4-6,9,12H,3,7-8,18H2,1-2H3. The Morgan fingerprint density at radius 3 is 2.90 bits per heavy atom. The van der Waals surface area contributed by atoms with E-state index >= 15 is 0 Å². The van der Waals surface area contributed by atoms with E-state index in [0.29, 0.717) is 17.7 Å². The molecule has 2 rings (SSSR count). The summed E-state index contributed by atoms with van der Waals surface area (Å²) < 4.78 is 21.1. The van der Waals surface area contributed by atoms with Gasteiger partial charge in [-0.05, 0) is 24.5 Å². The van der Waals surface area contributed by atoms with E-state index in [1.165, 1.54) is 6.07 Å². The number of aryl methyl sites for hydroxylation is 1. The second-order valence-corrected chi connectivity index (χ2v) is 5.25. The maximum absolute atomic E-state index is 14.0. The van der Waals surface area contributed by atoms with Crippen LogP contribution in [0.4, 0.5) is 4.39 Å². The molecular weight excluding hydrogens is 293 g/mol. The molecule has 0 fully saturated rings. The molecular formula is C15H19ClFN3O. The summed E-state index contributed by atoms with van der Waals surface area (Å²) in [7, 11) is 1.57. The lowest BCUT2D eigenvalue weighted by Gasteiger charge is -2.16. The van der Waals surface area contributed by atoms with Gasteiger partial charge in [0, 0.05) is 6.54 Å². The third-order valence-corrected chi connectivity index (χ3v) is 3.61. The maximum atomic E-state index is 14.0. The van der Waals surface area contributed by atoms with Gasteiger partial charge >= 0.3 is 0 Å². The highest BCUT2D eigenvalue weighted by molar-refractivity contribution is 6.30. The van der Waals surface area contributed by atoms with E-state index in [-0.39, 0.29) is 5.02 Å². The molecule has 1 atom stereocenters. The van der Waals surface area contributed by atoms with E-state index in [4.69, 9.17) is 22.1 Å². The summed E-state index contributed by atoms with van der Waals surface area (Å²) in [4.78, 5) is 0. The number of halogens is 2. The molecule has 0 radical (unpaired) electrons. The Balaban J connectivity index is 2.29. The molecule has 1 aromatic carbocycles. The summed E-state index contributed by atoms with van der Waals surface area (Å²) in [5, 5.41) is 4.38. The predicted octanol–water partition coefficient (Wildman–Crippen LogP) is 3.34. The first-order valence-corrected chi connectivity index (χ1v) is 7.24. The van der Waals surface area contributed by atoms with Gasteiger partial charge in [0.2, 0.25) is 0 Å². The quantitative estimate of drug-likeness (QED) is 0.890. The second-order valence-electron chi connectivity index (χ2n) is 4.84. The number of benzene rings is 1. The third kappa shape index (κ3) is 3.36. The molecule has 1 aromatic heterocycles. The van der Waals surface area contributed by atoms with Crippen molar-refractivity contribution in [2.24, 2.45) is 5.73 Å². The molecule has 1 unspecified atom stereocenters. The largest absolute Gasteiger partial charge is 0.493 e. The SMILES string of the molecule is CCCn1ncc(OC)c1C(N)Cc1cccc(Cl)c1F. The lowest BCUT2D eigenvalue weighted by atomic mass is 10.0. The van der Waals surface area contributed by atoms with Crippen LogP contribution in [0.25, 0.3) is 0 Å². The minimum absolute atomic E-state index is 0.105. The average Bonchev–Trinajstić information content (AvgIpc) is 2.87. The second kappa shape index (κ2) is 6.91. The Morgan fingerprint density at radius 2 is 2.24 bits per heavy atom. The minimum Gasteiger partial charge on any atom is -0.493 e. The first-order valence-electron chi connectivity index (χ1n) is 6.86. The van der Waals surface area contributed by atoms with Gasteiger partial charge in [0.25, 0.3) is 0 Å². The molecule has 0 bridgehead atoms. The zero-order chi connectivity index (χ0) is 15.4. The van der Waals surface area contributed by atoms with Crippen LogP contribution >= 0.6 is 11.6 Å². The highest BCUT2D eigenvalue weighted by Gasteiger charge is 2.20. The first kappa shape index (κ1) is 15.8. The van der Waals surface area contributed by atoms with Crippen molar-refractivity contribution < 1.29 is 9.13 Å². The smallest absolute Gasteiger partial charge is 0.161 e. The van der Waals surface area contributed by atoms with Crippen molar-refractivity contribution in [3.8, 4) is 5.75 Å². The minimum atomic E-state index is -0.421. The molecule has 0 aliphatic rings. The normalized spacial score (nSPS) is 12.4. The molecule has 0 saturated carbocycles. The van der Waals surface area contributed by atoms with Crippen LogP contribution in [0.1, 0.15) is 30.6 Å². The fourth-order valence-corrected chi connectivity index (χ4v) is 2.53. The van der Waals surface area contributed by atoms with Gasteiger partial charge in [0.1, 0.15) is 5.82 Å². The highest BCUT2D eigenvalue weighted by Crippen LogP contribution is 2.28. The fourth-order valence-electron chi connectivity index (χ4n) is 2.34. The lowest BCUT2D eigenvalue weighted by molar-refractivity contribution is 0.399. The summed E-state index contributed by atoms with van der Waals surface area (Å²) in [5.74, 6) is 0.202. The number of nitrogens with two attached hydrogens (primary N) is 1. The van der Waals surface area contributed by atoms with Gasteiger partial charge in [-0.15, -0.1) is 0 Å². The topological polar surface area (TPSA) is 53.1 Å². The van der Waals surface area contributed by atoms with Crippen LogP contribution in [-0.4, -0.2) is 16.9 Å². The molecule has 6 heteroatoms. The van der Waals surface area contributed by atoms with E-state index in [2.05, 4.69) is 12.0 Å². The molecule has 21 heavy (non-hydrogen) atoms. The van der Waals surface area contributed by atoms with Crippen molar-refractivity contribution in [2.45, 2.75) is 32.4 Å². The summed E-state index contributed by atoms with van der Waals surface area (Å²) in [6.45, 7) is 2.80. The molecule has 0 amide bonds. The summed E-state index contributed by atoms with van der Waals surface area (Å²) in [6.07, 6.45) is 2.90. The van der Waals surface area contributed by atoms with Gasteiger partial charge in [-0.1, -0.05) is 30.7 Å². The number of ether oxygens (including phenoxy) is 1. The van der Waals surface area contributed by atoms with Crippen molar-refractivity contribution >= 4 is 11.6 Å². The summed E-state index contributed by atoms with van der Waals surface area (Å²) in [5.41, 5.74) is 7.51. The molecule has 0 aliphatic heterocycles. The summed E-state index contributed by atoms with van der Waals surface area (Å²) in [6, 6.07) is 4.51. The van der Waals surface area contributed by atoms with Crippen LogP contribution in [-0.2, 0) is 13.0 Å². The zero-order valence-electron chi connectivity index (χ0n) is 12.1. The molecule has 2 N–H and O–H groups in total. The van der Waals surface area contributed by atoms with Crippen molar-refractivity contribution in [3.05, 3.63) is 46.5 Å². The zero-order valence-corrected chi connectivity index (χ0v) is 12.9. The van der Waals surface area contributed by atoms with Crippen molar-refractivity contribution in [3.63, 3.8) is 0 Å². The molecule has 0 aliphatic carbocycles. The number of hydrogen-bond donors (Lipinski definition) is 1. The lowest BCUT2D eigenvalue weighted by Crippen LogP contribution is -2.20. The monoisotopic (exact) mass is 311 g/mol. The van der Waals surface area contributed by atoms with Crippen LogP contribution in [0.3, 0.4) is 0 Å². The number of rotatable bonds is 6. The van der Waals surface area contributed by atoms with E-state index < -0.39 is 11.9 Å². The summed E-state index contributed by atoms with van der Waals surface area (Å²) >= 11 is 5.80. The van der Waals surface area contributed by atoms with E-state index in [1.807, 2.05) is 4.68 Å². The first-order chi connectivity index (χ1) is 10.1. The van der Waals surface area contributed by atoms with E-state index in [9.17, 15) is 4.39 Å². The van der Waals surface area contributed by atoms with Crippen molar-refractivity contribution in [1.82, 2.24) is 9.78 Å². The average molecular weight is 312 g/mol.